The van der Waals surface area contributed by atoms with E-state index in [0.717, 1.165) is 44.7 Å². The number of carbonyl (C=O) groups excluding carboxylic acids is 1. The highest BCUT2D eigenvalue weighted by atomic mass is 16.1. The van der Waals surface area contributed by atoms with Crippen LogP contribution in [0.15, 0.2) is 18.3 Å². The van der Waals surface area contributed by atoms with Crippen LogP contribution in [0, 0.1) is 0 Å². The van der Waals surface area contributed by atoms with Crippen LogP contribution in [-0.2, 0) is 0 Å². The molecule has 118 valence electrons. The highest BCUT2D eigenvalue weighted by Gasteiger charge is 2.07. The SMILES string of the molecule is CCCNc1ccnc(C(=O)NCCCN(CC)CC)c1. The lowest BCUT2D eigenvalue weighted by molar-refractivity contribution is 0.0947. The number of hydrogen-bond acceptors (Lipinski definition) is 4. The lowest BCUT2D eigenvalue weighted by Gasteiger charge is -2.17. The second-order valence-corrected chi connectivity index (χ2v) is 4.99. The van der Waals surface area contributed by atoms with Gasteiger partial charge in [-0.3, -0.25) is 9.78 Å². The number of amides is 1. The molecule has 0 aliphatic rings. The summed E-state index contributed by atoms with van der Waals surface area (Å²) in [7, 11) is 0. The molecule has 0 unspecified atom stereocenters. The summed E-state index contributed by atoms with van der Waals surface area (Å²) in [6, 6.07) is 3.68. The van der Waals surface area contributed by atoms with Gasteiger partial charge in [-0.25, -0.2) is 0 Å². The number of aromatic nitrogens is 1. The third-order valence-electron chi connectivity index (χ3n) is 3.40. The number of rotatable bonds is 10. The molecule has 1 rings (SSSR count). The molecule has 0 radical (unpaired) electrons. The Morgan fingerprint density at radius 2 is 2.00 bits per heavy atom. The van der Waals surface area contributed by atoms with Gasteiger partial charge in [0, 0.05) is 25.0 Å². The van der Waals surface area contributed by atoms with Crippen LogP contribution in [0.1, 0.15) is 44.1 Å². The third-order valence-corrected chi connectivity index (χ3v) is 3.40. The van der Waals surface area contributed by atoms with Crippen molar-refractivity contribution in [3.8, 4) is 0 Å². The van der Waals surface area contributed by atoms with E-state index in [1.807, 2.05) is 6.07 Å². The quantitative estimate of drug-likeness (QED) is 0.650. The van der Waals surface area contributed by atoms with Crippen LogP contribution in [-0.4, -0.2) is 48.5 Å². The van der Waals surface area contributed by atoms with Gasteiger partial charge in [0.1, 0.15) is 5.69 Å². The zero-order valence-corrected chi connectivity index (χ0v) is 13.5. The van der Waals surface area contributed by atoms with E-state index in [4.69, 9.17) is 0 Å². The molecule has 0 aliphatic heterocycles. The fourth-order valence-corrected chi connectivity index (χ4v) is 2.07. The van der Waals surface area contributed by atoms with Crippen LogP contribution >= 0.6 is 0 Å². The molecule has 1 aromatic heterocycles. The predicted octanol–water partition coefficient (Wildman–Crippen LogP) is 2.37. The zero-order valence-electron chi connectivity index (χ0n) is 13.5. The Hall–Kier alpha value is -1.62. The molecule has 5 nitrogen and oxygen atoms in total. The molecule has 5 heteroatoms. The second kappa shape index (κ2) is 10.2. The fourth-order valence-electron chi connectivity index (χ4n) is 2.07. The molecule has 2 N–H and O–H groups in total. The molecule has 0 fully saturated rings. The maximum atomic E-state index is 12.0. The van der Waals surface area contributed by atoms with Crippen molar-refractivity contribution in [3.05, 3.63) is 24.0 Å². The van der Waals surface area contributed by atoms with Crippen LogP contribution in [0.4, 0.5) is 5.69 Å². The average molecular weight is 292 g/mol. The molecular weight excluding hydrogens is 264 g/mol. The highest BCUT2D eigenvalue weighted by Crippen LogP contribution is 2.07. The van der Waals surface area contributed by atoms with Crippen molar-refractivity contribution in [2.45, 2.75) is 33.6 Å². The first-order valence-corrected chi connectivity index (χ1v) is 7.91. The Balaban J connectivity index is 2.37. The van der Waals surface area contributed by atoms with E-state index in [9.17, 15) is 4.79 Å². The van der Waals surface area contributed by atoms with Crippen molar-refractivity contribution in [1.82, 2.24) is 15.2 Å². The first-order chi connectivity index (χ1) is 10.2. The molecule has 1 amide bonds. The molecule has 1 aromatic rings. The number of nitrogens with zero attached hydrogens (tertiary/aromatic N) is 2. The molecule has 0 aromatic carbocycles. The zero-order chi connectivity index (χ0) is 15.5. The first-order valence-electron chi connectivity index (χ1n) is 7.91. The topological polar surface area (TPSA) is 57.3 Å². The lowest BCUT2D eigenvalue weighted by atomic mass is 10.3. The predicted molar refractivity (Wildman–Crippen MR) is 87.8 cm³/mol. The van der Waals surface area contributed by atoms with Crippen molar-refractivity contribution < 1.29 is 4.79 Å². The Kier molecular flexibility index (Phi) is 8.43. The smallest absolute Gasteiger partial charge is 0.269 e. The fraction of sp³-hybridized carbons (Fsp3) is 0.625. The Bertz CT molecular complexity index is 418. The summed E-state index contributed by atoms with van der Waals surface area (Å²) in [5.41, 5.74) is 1.42. The first kappa shape index (κ1) is 17.4. The summed E-state index contributed by atoms with van der Waals surface area (Å²) in [5, 5.41) is 6.19. The van der Waals surface area contributed by atoms with E-state index in [-0.39, 0.29) is 5.91 Å². The van der Waals surface area contributed by atoms with E-state index in [1.54, 1.807) is 12.3 Å². The Labute approximate surface area is 128 Å². The summed E-state index contributed by atoms with van der Waals surface area (Å²) in [5.74, 6) is -0.102. The van der Waals surface area contributed by atoms with Crippen LogP contribution in [0.25, 0.3) is 0 Å². The molecular formula is C16H28N4O. The van der Waals surface area contributed by atoms with Crippen molar-refractivity contribution >= 4 is 11.6 Å². The van der Waals surface area contributed by atoms with Gasteiger partial charge in [-0.1, -0.05) is 20.8 Å². The standard InChI is InChI=1S/C16H28N4O/c1-4-9-17-14-8-11-18-15(13-14)16(21)19-10-7-12-20(5-2)6-3/h8,11,13H,4-7,9-10,12H2,1-3H3,(H,17,18)(H,19,21). The van der Waals surface area contributed by atoms with Crippen LogP contribution in [0.3, 0.4) is 0 Å². The molecule has 1 heterocycles. The highest BCUT2D eigenvalue weighted by molar-refractivity contribution is 5.93. The minimum absolute atomic E-state index is 0.102. The molecule has 0 atom stereocenters. The van der Waals surface area contributed by atoms with Gasteiger partial charge in [-0.2, -0.15) is 0 Å². The van der Waals surface area contributed by atoms with Gasteiger partial charge >= 0.3 is 0 Å². The van der Waals surface area contributed by atoms with Gasteiger partial charge < -0.3 is 15.5 Å². The molecule has 0 bridgehead atoms. The average Bonchev–Trinajstić information content (AvgIpc) is 2.53. The summed E-state index contributed by atoms with van der Waals surface area (Å²) in [6.07, 6.45) is 3.68. The van der Waals surface area contributed by atoms with E-state index >= 15 is 0 Å². The van der Waals surface area contributed by atoms with E-state index in [0.29, 0.717) is 12.2 Å². The van der Waals surface area contributed by atoms with E-state index < -0.39 is 0 Å². The maximum Gasteiger partial charge on any atom is 0.269 e. The summed E-state index contributed by atoms with van der Waals surface area (Å²) in [4.78, 5) is 18.5. The van der Waals surface area contributed by atoms with Gasteiger partial charge in [0.15, 0.2) is 0 Å². The van der Waals surface area contributed by atoms with E-state index in [2.05, 4.69) is 41.3 Å². The van der Waals surface area contributed by atoms with Crippen molar-refractivity contribution in [2.24, 2.45) is 0 Å². The number of pyridine rings is 1. The Morgan fingerprint density at radius 1 is 1.24 bits per heavy atom. The van der Waals surface area contributed by atoms with Gasteiger partial charge in [0.2, 0.25) is 0 Å². The van der Waals surface area contributed by atoms with Gasteiger partial charge in [0.25, 0.3) is 5.91 Å². The van der Waals surface area contributed by atoms with Crippen LogP contribution in [0.5, 0.6) is 0 Å². The van der Waals surface area contributed by atoms with Crippen molar-refractivity contribution in [1.29, 1.82) is 0 Å². The van der Waals surface area contributed by atoms with Crippen LogP contribution in [0.2, 0.25) is 0 Å². The maximum absolute atomic E-state index is 12.0. The third kappa shape index (κ3) is 6.58. The minimum atomic E-state index is -0.102. The number of anilines is 1. The number of carbonyl (C=O) groups is 1. The summed E-state index contributed by atoms with van der Waals surface area (Å²) >= 11 is 0. The summed E-state index contributed by atoms with van der Waals surface area (Å²) in [6.45, 7) is 11.1. The lowest BCUT2D eigenvalue weighted by Crippen LogP contribution is -2.30. The van der Waals surface area contributed by atoms with Gasteiger partial charge in [0.05, 0.1) is 0 Å². The largest absolute Gasteiger partial charge is 0.385 e. The molecule has 0 spiro atoms. The normalized spacial score (nSPS) is 10.7. The van der Waals surface area contributed by atoms with E-state index in [1.165, 1.54) is 0 Å². The molecule has 0 saturated carbocycles. The van der Waals surface area contributed by atoms with Gasteiger partial charge in [-0.15, -0.1) is 0 Å². The molecule has 21 heavy (non-hydrogen) atoms. The number of nitrogens with one attached hydrogen (secondary N) is 2. The van der Waals surface area contributed by atoms with Crippen LogP contribution < -0.4 is 10.6 Å². The van der Waals surface area contributed by atoms with Crippen molar-refractivity contribution in [3.63, 3.8) is 0 Å². The Morgan fingerprint density at radius 3 is 2.67 bits per heavy atom. The van der Waals surface area contributed by atoms with Gasteiger partial charge in [-0.05, 0) is 44.6 Å². The molecule has 0 aliphatic carbocycles. The number of hydrogen-bond donors (Lipinski definition) is 2. The van der Waals surface area contributed by atoms with Crippen molar-refractivity contribution in [2.75, 3.05) is 38.0 Å². The molecule has 0 saturated heterocycles. The minimum Gasteiger partial charge on any atom is -0.385 e. The monoisotopic (exact) mass is 292 g/mol. The second-order valence-electron chi connectivity index (χ2n) is 4.99. The summed E-state index contributed by atoms with van der Waals surface area (Å²) < 4.78 is 0.